The molecular formula is C18H15F3N2O2. The summed E-state index contributed by atoms with van der Waals surface area (Å²) in [7, 11) is 1.52. The molecule has 7 heteroatoms. The van der Waals surface area contributed by atoms with Crippen LogP contribution in [0, 0.1) is 11.8 Å². The molecule has 2 aromatic carbocycles. The minimum Gasteiger partial charge on any atom is -0.497 e. The van der Waals surface area contributed by atoms with E-state index in [9.17, 15) is 18.0 Å². The lowest BCUT2D eigenvalue weighted by molar-refractivity contribution is -0.137. The Morgan fingerprint density at radius 1 is 1.16 bits per heavy atom. The molecule has 0 atom stereocenters. The number of carbonyl (C=O) groups excluding carboxylic acids is 1. The van der Waals surface area contributed by atoms with Crippen LogP contribution in [0.4, 0.5) is 23.7 Å². The largest absolute Gasteiger partial charge is 0.497 e. The van der Waals surface area contributed by atoms with E-state index in [0.717, 1.165) is 12.1 Å². The van der Waals surface area contributed by atoms with E-state index in [1.165, 1.54) is 19.2 Å². The highest BCUT2D eigenvalue weighted by molar-refractivity contribution is 5.89. The molecule has 0 aliphatic heterocycles. The van der Waals surface area contributed by atoms with Crippen LogP contribution >= 0.6 is 0 Å². The number of urea groups is 1. The van der Waals surface area contributed by atoms with E-state index in [0.29, 0.717) is 11.4 Å². The van der Waals surface area contributed by atoms with Gasteiger partial charge in [0.15, 0.2) is 0 Å². The van der Waals surface area contributed by atoms with E-state index < -0.39 is 17.8 Å². The van der Waals surface area contributed by atoms with Gasteiger partial charge in [0.05, 0.1) is 19.2 Å². The summed E-state index contributed by atoms with van der Waals surface area (Å²) in [6.45, 7) is -0.00789. The number of rotatable bonds is 3. The number of nitrogens with one attached hydrogen (secondary N) is 2. The Bertz CT molecular complexity index is 808. The van der Waals surface area contributed by atoms with E-state index in [1.54, 1.807) is 24.3 Å². The van der Waals surface area contributed by atoms with Crippen molar-refractivity contribution in [2.45, 2.75) is 6.18 Å². The lowest BCUT2D eigenvalue weighted by atomic mass is 10.1. The molecule has 0 bridgehead atoms. The van der Waals surface area contributed by atoms with Crippen molar-refractivity contribution in [2.75, 3.05) is 19.0 Å². The summed E-state index contributed by atoms with van der Waals surface area (Å²) in [5.41, 5.74) is 0.00976. The van der Waals surface area contributed by atoms with Crippen molar-refractivity contribution < 1.29 is 22.7 Å². The second-order valence-electron chi connectivity index (χ2n) is 4.92. The van der Waals surface area contributed by atoms with Crippen LogP contribution in [0.2, 0.25) is 0 Å². The zero-order chi connectivity index (χ0) is 18.3. The molecular weight excluding hydrogens is 333 g/mol. The van der Waals surface area contributed by atoms with Gasteiger partial charge in [-0.3, -0.25) is 0 Å². The zero-order valence-corrected chi connectivity index (χ0v) is 13.3. The van der Waals surface area contributed by atoms with Gasteiger partial charge in [0, 0.05) is 17.3 Å². The van der Waals surface area contributed by atoms with E-state index in [-0.39, 0.29) is 12.1 Å². The molecule has 2 N–H and O–H groups in total. The number of benzene rings is 2. The molecule has 0 spiro atoms. The second-order valence-corrected chi connectivity index (χ2v) is 4.92. The average Bonchev–Trinajstić information content (AvgIpc) is 2.58. The first kappa shape index (κ1) is 18.2. The zero-order valence-electron chi connectivity index (χ0n) is 13.3. The van der Waals surface area contributed by atoms with Gasteiger partial charge in [-0.15, -0.1) is 0 Å². The molecule has 0 fully saturated rings. The number of methoxy groups -OCH3 is 1. The Kier molecular flexibility index (Phi) is 5.90. The summed E-state index contributed by atoms with van der Waals surface area (Å²) in [4.78, 5) is 11.7. The summed E-state index contributed by atoms with van der Waals surface area (Å²) in [6, 6.07) is 11.0. The van der Waals surface area contributed by atoms with Crippen LogP contribution < -0.4 is 15.4 Å². The topological polar surface area (TPSA) is 50.4 Å². The molecule has 0 radical (unpaired) electrons. The van der Waals surface area contributed by atoms with Gasteiger partial charge < -0.3 is 15.4 Å². The third-order valence-electron chi connectivity index (χ3n) is 3.09. The normalized spacial score (nSPS) is 10.4. The van der Waals surface area contributed by atoms with Crippen molar-refractivity contribution in [3.05, 3.63) is 59.7 Å². The van der Waals surface area contributed by atoms with Gasteiger partial charge in [0.1, 0.15) is 5.75 Å². The number of amides is 2. The summed E-state index contributed by atoms with van der Waals surface area (Å²) in [6.07, 6.45) is -4.41. The van der Waals surface area contributed by atoms with Gasteiger partial charge in [0.2, 0.25) is 0 Å². The standard InChI is InChI=1S/C18H15F3N2O2/c1-25-16-9-3-8-15(12-16)23-17(24)22-10-4-6-13-5-2-7-14(11-13)18(19,20)21/h2-3,5,7-9,11-12H,10H2,1H3,(H2,22,23,24). The fourth-order valence-electron chi connectivity index (χ4n) is 1.92. The number of alkyl halides is 3. The van der Waals surface area contributed by atoms with E-state index in [1.807, 2.05) is 0 Å². The van der Waals surface area contributed by atoms with Crippen molar-refractivity contribution >= 4 is 11.7 Å². The summed E-state index contributed by atoms with van der Waals surface area (Å²) < 4.78 is 42.8. The summed E-state index contributed by atoms with van der Waals surface area (Å²) >= 11 is 0. The first-order valence-corrected chi connectivity index (χ1v) is 7.23. The van der Waals surface area contributed by atoms with Gasteiger partial charge in [0.25, 0.3) is 0 Å². The molecule has 0 unspecified atom stereocenters. The maximum Gasteiger partial charge on any atom is 0.416 e. The number of hydrogen-bond acceptors (Lipinski definition) is 2. The highest BCUT2D eigenvalue weighted by Crippen LogP contribution is 2.29. The smallest absolute Gasteiger partial charge is 0.416 e. The minimum absolute atomic E-state index is 0.00789. The van der Waals surface area contributed by atoms with Crippen LogP contribution in [-0.4, -0.2) is 19.7 Å². The molecule has 4 nitrogen and oxygen atoms in total. The van der Waals surface area contributed by atoms with Gasteiger partial charge in [-0.2, -0.15) is 13.2 Å². The van der Waals surface area contributed by atoms with Crippen molar-refractivity contribution in [1.29, 1.82) is 0 Å². The van der Waals surface area contributed by atoms with Crippen molar-refractivity contribution in [2.24, 2.45) is 0 Å². The third-order valence-corrected chi connectivity index (χ3v) is 3.09. The van der Waals surface area contributed by atoms with Crippen LogP contribution in [0.1, 0.15) is 11.1 Å². The molecule has 0 saturated carbocycles. The Labute approximate surface area is 143 Å². The maximum absolute atomic E-state index is 12.6. The monoisotopic (exact) mass is 348 g/mol. The highest BCUT2D eigenvalue weighted by atomic mass is 19.4. The van der Waals surface area contributed by atoms with Crippen molar-refractivity contribution in [3.63, 3.8) is 0 Å². The fraction of sp³-hybridized carbons (Fsp3) is 0.167. The van der Waals surface area contributed by atoms with E-state index in [2.05, 4.69) is 22.5 Å². The van der Waals surface area contributed by atoms with Crippen LogP contribution in [-0.2, 0) is 6.18 Å². The van der Waals surface area contributed by atoms with Gasteiger partial charge >= 0.3 is 12.2 Å². The molecule has 2 rings (SSSR count). The van der Waals surface area contributed by atoms with Crippen LogP contribution in [0.5, 0.6) is 5.75 Å². The first-order valence-electron chi connectivity index (χ1n) is 7.23. The molecule has 25 heavy (non-hydrogen) atoms. The molecule has 130 valence electrons. The predicted molar refractivity (Wildman–Crippen MR) is 88.3 cm³/mol. The fourth-order valence-corrected chi connectivity index (χ4v) is 1.92. The quantitative estimate of drug-likeness (QED) is 0.827. The molecule has 0 saturated heterocycles. The van der Waals surface area contributed by atoms with Gasteiger partial charge in [-0.1, -0.05) is 24.0 Å². The van der Waals surface area contributed by atoms with Crippen molar-refractivity contribution in [3.8, 4) is 17.6 Å². The lowest BCUT2D eigenvalue weighted by Gasteiger charge is -2.07. The average molecular weight is 348 g/mol. The lowest BCUT2D eigenvalue weighted by Crippen LogP contribution is -2.28. The summed E-state index contributed by atoms with van der Waals surface area (Å²) in [5, 5.41) is 5.09. The van der Waals surface area contributed by atoms with Gasteiger partial charge in [-0.25, -0.2) is 4.79 Å². The third kappa shape index (κ3) is 5.77. The Balaban J connectivity index is 1.88. The highest BCUT2D eigenvalue weighted by Gasteiger charge is 2.30. The van der Waals surface area contributed by atoms with E-state index in [4.69, 9.17) is 4.74 Å². The molecule has 0 aliphatic carbocycles. The number of anilines is 1. The van der Waals surface area contributed by atoms with Crippen LogP contribution in [0.3, 0.4) is 0 Å². The summed E-state index contributed by atoms with van der Waals surface area (Å²) in [5.74, 6) is 5.79. The predicted octanol–water partition coefficient (Wildman–Crippen LogP) is 3.89. The molecule has 0 aliphatic rings. The second kappa shape index (κ2) is 8.11. The molecule has 2 aromatic rings. The first-order chi connectivity index (χ1) is 11.9. The molecule has 0 aromatic heterocycles. The number of carbonyl (C=O) groups is 1. The molecule has 2 amide bonds. The Morgan fingerprint density at radius 3 is 2.64 bits per heavy atom. The molecule has 0 heterocycles. The van der Waals surface area contributed by atoms with Crippen molar-refractivity contribution in [1.82, 2.24) is 5.32 Å². The number of hydrogen-bond donors (Lipinski definition) is 2. The van der Waals surface area contributed by atoms with Crippen LogP contribution in [0.25, 0.3) is 0 Å². The SMILES string of the molecule is COc1cccc(NC(=O)NCC#Cc2cccc(C(F)(F)F)c2)c1. The van der Waals surface area contributed by atoms with Gasteiger partial charge in [-0.05, 0) is 30.3 Å². The van der Waals surface area contributed by atoms with Crippen LogP contribution in [0.15, 0.2) is 48.5 Å². The Hall–Kier alpha value is -3.14. The number of halogens is 3. The van der Waals surface area contributed by atoms with E-state index >= 15 is 0 Å². The Morgan fingerprint density at radius 2 is 1.92 bits per heavy atom. The number of ether oxygens (including phenoxy) is 1. The minimum atomic E-state index is -4.41. The maximum atomic E-state index is 12.6.